The van der Waals surface area contributed by atoms with Crippen LogP contribution >= 0.6 is 11.6 Å². The lowest BCUT2D eigenvalue weighted by molar-refractivity contribution is -0.0816. The fraction of sp³-hybridized carbons (Fsp3) is 0.379. The van der Waals surface area contributed by atoms with Crippen LogP contribution in [0.5, 0.6) is 0 Å². The highest BCUT2D eigenvalue weighted by Crippen LogP contribution is 2.85. The largest absolute Gasteiger partial charge is 0.354 e. The molecule has 4 fully saturated rings. The number of hydrogen-bond acceptors (Lipinski definition) is 1. The number of halogens is 1. The van der Waals surface area contributed by atoms with Crippen molar-refractivity contribution in [1.82, 2.24) is 0 Å². The van der Waals surface area contributed by atoms with Crippen LogP contribution < -0.4 is 5.32 Å². The van der Waals surface area contributed by atoms with Crippen molar-refractivity contribution in [2.45, 2.75) is 37.5 Å². The number of nitrogens with one attached hydrogen (secondary N) is 1. The number of hydrogen-bond donors (Lipinski definition) is 1. The first-order valence-electron chi connectivity index (χ1n) is 12.0. The molecule has 3 aromatic carbocycles. The van der Waals surface area contributed by atoms with Crippen molar-refractivity contribution in [3.63, 3.8) is 0 Å². The fourth-order valence-electron chi connectivity index (χ4n) is 9.50. The van der Waals surface area contributed by atoms with Crippen molar-refractivity contribution in [3.8, 4) is 11.1 Å². The first-order chi connectivity index (χ1) is 15.2. The Morgan fingerprint density at radius 1 is 0.710 bits per heavy atom. The summed E-state index contributed by atoms with van der Waals surface area (Å²) in [6.45, 7) is 0. The second-order valence-electron chi connectivity index (χ2n) is 10.9. The van der Waals surface area contributed by atoms with E-state index in [-0.39, 0.29) is 5.41 Å². The highest BCUT2D eigenvalue weighted by atomic mass is 35.5. The van der Waals surface area contributed by atoms with E-state index in [1.54, 1.807) is 11.1 Å². The van der Waals surface area contributed by atoms with E-state index in [0.29, 0.717) is 5.41 Å². The van der Waals surface area contributed by atoms with Gasteiger partial charge in [-0.3, -0.25) is 0 Å². The highest BCUT2D eigenvalue weighted by Gasteiger charge is 2.79. The van der Waals surface area contributed by atoms with Gasteiger partial charge in [0.15, 0.2) is 0 Å². The zero-order valence-electron chi connectivity index (χ0n) is 17.6. The zero-order chi connectivity index (χ0) is 20.4. The fourth-order valence-corrected chi connectivity index (χ4v) is 9.68. The van der Waals surface area contributed by atoms with Crippen LogP contribution in [0, 0.1) is 29.1 Å². The van der Waals surface area contributed by atoms with Crippen LogP contribution in [-0.2, 0) is 5.41 Å². The monoisotopic (exact) mass is 423 g/mol. The number of benzene rings is 3. The molecule has 5 aliphatic rings. The molecule has 31 heavy (non-hydrogen) atoms. The van der Waals surface area contributed by atoms with E-state index >= 15 is 0 Å². The third-order valence-electron chi connectivity index (χ3n) is 9.91. The third-order valence-corrected chi connectivity index (χ3v) is 10.2. The minimum atomic E-state index is 0.195. The normalized spacial score (nSPS) is 37.5. The SMILES string of the molecule is Clc1ccccc1Nc1cccc2c1C1(c3ccccc3-2)C2CC3CC4CC1C2(C3)C4. The van der Waals surface area contributed by atoms with Gasteiger partial charge in [-0.15, -0.1) is 0 Å². The molecular formula is C29H26ClN. The Morgan fingerprint density at radius 3 is 2.19 bits per heavy atom. The van der Waals surface area contributed by atoms with Gasteiger partial charge in [-0.05, 0) is 102 Å². The van der Waals surface area contributed by atoms with Gasteiger partial charge in [0.05, 0.1) is 10.7 Å². The van der Waals surface area contributed by atoms with E-state index in [2.05, 4.69) is 59.9 Å². The smallest absolute Gasteiger partial charge is 0.0640 e. The maximum Gasteiger partial charge on any atom is 0.0640 e. The molecule has 4 saturated carbocycles. The van der Waals surface area contributed by atoms with Crippen molar-refractivity contribution in [3.05, 3.63) is 82.9 Å². The van der Waals surface area contributed by atoms with E-state index in [4.69, 9.17) is 11.6 Å². The van der Waals surface area contributed by atoms with Gasteiger partial charge in [0.25, 0.3) is 0 Å². The molecule has 0 heterocycles. The Labute approximate surface area is 188 Å². The van der Waals surface area contributed by atoms with Crippen molar-refractivity contribution in [1.29, 1.82) is 0 Å². The molecule has 8 rings (SSSR count). The van der Waals surface area contributed by atoms with Gasteiger partial charge in [0.1, 0.15) is 0 Å². The van der Waals surface area contributed by atoms with Crippen LogP contribution in [0.1, 0.15) is 43.2 Å². The van der Waals surface area contributed by atoms with E-state index in [9.17, 15) is 0 Å². The summed E-state index contributed by atoms with van der Waals surface area (Å²) in [5, 5.41) is 4.57. The second-order valence-corrected chi connectivity index (χ2v) is 11.3. The molecule has 1 nitrogen and oxygen atoms in total. The number of para-hydroxylation sites is 1. The summed E-state index contributed by atoms with van der Waals surface area (Å²) >= 11 is 6.57. The summed E-state index contributed by atoms with van der Waals surface area (Å²) < 4.78 is 0. The Bertz CT molecular complexity index is 1240. The van der Waals surface area contributed by atoms with Gasteiger partial charge in [-0.2, -0.15) is 0 Å². The van der Waals surface area contributed by atoms with Crippen molar-refractivity contribution in [2.75, 3.05) is 5.32 Å². The number of rotatable bonds is 2. The summed E-state index contributed by atoms with van der Waals surface area (Å²) in [6.07, 6.45) is 7.36. The zero-order valence-corrected chi connectivity index (χ0v) is 18.3. The standard InChI is InChI=1S/C29H26ClN/c30-22-9-3-4-10-23(22)31-24-11-5-7-20-19-6-1-2-8-21(19)29(27(20)24)25-13-17-12-18-14-26(29)28(25,15-17)16-18/h1-11,17-18,25-26,31H,12-16H2. The second kappa shape index (κ2) is 5.56. The van der Waals surface area contributed by atoms with Gasteiger partial charge in [-0.25, -0.2) is 0 Å². The minimum Gasteiger partial charge on any atom is -0.354 e. The molecule has 2 spiro atoms. The maximum atomic E-state index is 6.57. The molecule has 0 radical (unpaired) electrons. The first kappa shape index (κ1) is 17.3. The Hall–Kier alpha value is -2.25. The summed E-state index contributed by atoms with van der Waals surface area (Å²) in [4.78, 5) is 0. The van der Waals surface area contributed by atoms with Gasteiger partial charge >= 0.3 is 0 Å². The topological polar surface area (TPSA) is 12.0 Å². The van der Waals surface area contributed by atoms with Gasteiger partial charge in [0, 0.05) is 11.1 Å². The number of anilines is 2. The molecule has 3 bridgehead atoms. The molecule has 1 N–H and O–H groups in total. The lowest BCUT2D eigenvalue weighted by atomic mass is 9.38. The van der Waals surface area contributed by atoms with Crippen molar-refractivity contribution < 1.29 is 0 Å². The van der Waals surface area contributed by atoms with Gasteiger partial charge in [-0.1, -0.05) is 60.1 Å². The van der Waals surface area contributed by atoms with Crippen LogP contribution in [0.25, 0.3) is 11.1 Å². The van der Waals surface area contributed by atoms with E-state index in [0.717, 1.165) is 34.4 Å². The maximum absolute atomic E-state index is 6.57. The molecule has 0 saturated heterocycles. The molecule has 0 amide bonds. The molecule has 4 atom stereocenters. The Balaban J connectivity index is 1.39. The quantitative estimate of drug-likeness (QED) is 0.443. The minimum absolute atomic E-state index is 0.195. The lowest BCUT2D eigenvalue weighted by Gasteiger charge is -2.64. The Kier molecular flexibility index (Phi) is 3.11. The lowest BCUT2D eigenvalue weighted by Crippen LogP contribution is -2.62. The summed E-state index contributed by atoms with van der Waals surface area (Å²) in [5.41, 5.74) is 9.21. The summed E-state index contributed by atoms with van der Waals surface area (Å²) in [5.74, 6) is 3.54. The van der Waals surface area contributed by atoms with Crippen LogP contribution in [-0.4, -0.2) is 0 Å². The van der Waals surface area contributed by atoms with Gasteiger partial charge in [0.2, 0.25) is 0 Å². The summed E-state index contributed by atoms with van der Waals surface area (Å²) in [7, 11) is 0. The van der Waals surface area contributed by atoms with Crippen LogP contribution in [0.2, 0.25) is 5.02 Å². The van der Waals surface area contributed by atoms with Crippen molar-refractivity contribution in [2.24, 2.45) is 29.1 Å². The van der Waals surface area contributed by atoms with Crippen LogP contribution in [0.4, 0.5) is 11.4 Å². The van der Waals surface area contributed by atoms with E-state index in [1.807, 2.05) is 12.1 Å². The molecule has 5 aliphatic carbocycles. The molecule has 154 valence electrons. The Morgan fingerprint density at radius 2 is 1.39 bits per heavy atom. The molecular weight excluding hydrogens is 398 g/mol. The number of fused-ring (bicyclic) bond motifs is 9. The predicted molar refractivity (Wildman–Crippen MR) is 127 cm³/mol. The van der Waals surface area contributed by atoms with Crippen LogP contribution in [0.3, 0.4) is 0 Å². The molecule has 3 aromatic rings. The van der Waals surface area contributed by atoms with Gasteiger partial charge < -0.3 is 5.32 Å². The first-order valence-corrected chi connectivity index (χ1v) is 12.3. The highest BCUT2D eigenvalue weighted by molar-refractivity contribution is 6.33. The van der Waals surface area contributed by atoms with E-state index < -0.39 is 0 Å². The average Bonchev–Trinajstić information content (AvgIpc) is 3.32. The van der Waals surface area contributed by atoms with Crippen LogP contribution in [0.15, 0.2) is 66.7 Å². The summed E-state index contributed by atoms with van der Waals surface area (Å²) in [6, 6.07) is 24.4. The predicted octanol–water partition coefficient (Wildman–Crippen LogP) is 7.81. The van der Waals surface area contributed by atoms with E-state index in [1.165, 1.54) is 48.9 Å². The van der Waals surface area contributed by atoms with Crippen molar-refractivity contribution >= 4 is 23.0 Å². The molecule has 0 aromatic heterocycles. The molecule has 4 unspecified atom stereocenters. The molecule has 0 aliphatic heterocycles. The average molecular weight is 424 g/mol. The molecule has 2 heteroatoms. The third kappa shape index (κ3) is 1.85.